The molecule has 5 nitrogen and oxygen atoms in total. The minimum absolute atomic E-state index is 0.132. The summed E-state index contributed by atoms with van der Waals surface area (Å²) >= 11 is 0. The van der Waals surface area contributed by atoms with Gasteiger partial charge in [-0.05, 0) is 6.42 Å². The molecule has 1 aromatic heterocycles. The Hall–Kier alpha value is -1.20. The predicted octanol–water partition coefficient (Wildman–Crippen LogP) is -0.0807. The molecule has 0 amide bonds. The molecule has 5 heteroatoms. The van der Waals surface area contributed by atoms with E-state index >= 15 is 0 Å². The van der Waals surface area contributed by atoms with Gasteiger partial charge in [0, 0.05) is 30.5 Å². The summed E-state index contributed by atoms with van der Waals surface area (Å²) in [4.78, 5) is 7.75. The largest absolute Gasteiger partial charge is 0.395 e. The quantitative estimate of drug-likeness (QED) is 0.613. The maximum atomic E-state index is 8.93. The van der Waals surface area contributed by atoms with Gasteiger partial charge in [-0.15, -0.1) is 0 Å². The molecule has 1 atom stereocenters. The normalized spacial score (nSPS) is 12.7. The molecule has 0 aliphatic rings. The van der Waals surface area contributed by atoms with Crippen molar-refractivity contribution in [2.75, 3.05) is 12.3 Å². The van der Waals surface area contributed by atoms with Crippen LogP contribution in [0.1, 0.15) is 18.9 Å². The number of hydrogen-bond donors (Lipinski definition) is 3. The molecule has 0 saturated carbocycles. The first-order valence-electron chi connectivity index (χ1n) is 4.67. The van der Waals surface area contributed by atoms with E-state index in [9.17, 15) is 0 Å². The predicted molar refractivity (Wildman–Crippen MR) is 54.4 cm³/mol. The van der Waals surface area contributed by atoms with Gasteiger partial charge in [0.15, 0.2) is 0 Å². The van der Waals surface area contributed by atoms with Gasteiger partial charge in [0.1, 0.15) is 0 Å². The molecule has 4 N–H and O–H groups in total. The van der Waals surface area contributed by atoms with Crippen LogP contribution in [-0.4, -0.2) is 27.7 Å². The fourth-order valence-electron chi connectivity index (χ4n) is 1.06. The average molecular weight is 196 g/mol. The molecule has 0 bridgehead atoms. The van der Waals surface area contributed by atoms with E-state index in [0.29, 0.717) is 6.54 Å². The third-order valence-corrected chi connectivity index (χ3v) is 2.03. The lowest BCUT2D eigenvalue weighted by molar-refractivity contribution is 0.238. The van der Waals surface area contributed by atoms with Gasteiger partial charge in [0.25, 0.3) is 0 Å². The van der Waals surface area contributed by atoms with Crippen molar-refractivity contribution in [2.45, 2.75) is 25.9 Å². The van der Waals surface area contributed by atoms with Crippen molar-refractivity contribution in [2.24, 2.45) is 0 Å². The molecular formula is C9H16N4O. The number of aliphatic hydroxyl groups is 1. The zero-order valence-corrected chi connectivity index (χ0v) is 8.27. The first kappa shape index (κ1) is 10.9. The zero-order chi connectivity index (χ0) is 10.4. The minimum atomic E-state index is 0.132. The second-order valence-electron chi connectivity index (χ2n) is 3.12. The number of aliphatic hydroxyl groups excluding tert-OH is 1. The first-order chi connectivity index (χ1) is 6.76. The van der Waals surface area contributed by atoms with Crippen LogP contribution in [0.5, 0.6) is 0 Å². The van der Waals surface area contributed by atoms with Gasteiger partial charge in [-0.2, -0.15) is 0 Å². The number of nitrogen functional groups attached to an aromatic ring is 1. The summed E-state index contributed by atoms with van der Waals surface area (Å²) < 4.78 is 0. The Balaban J connectivity index is 2.41. The van der Waals surface area contributed by atoms with Crippen LogP contribution in [0.4, 0.5) is 5.95 Å². The number of nitrogens with zero attached hydrogens (tertiary/aromatic N) is 2. The van der Waals surface area contributed by atoms with E-state index in [0.717, 1.165) is 12.0 Å². The van der Waals surface area contributed by atoms with Crippen LogP contribution in [0.15, 0.2) is 12.4 Å². The number of anilines is 1. The maximum absolute atomic E-state index is 8.93. The number of nitrogens with one attached hydrogen (secondary N) is 1. The Bertz CT molecular complexity index is 258. The van der Waals surface area contributed by atoms with Crippen molar-refractivity contribution >= 4 is 5.95 Å². The van der Waals surface area contributed by atoms with Crippen LogP contribution in [0, 0.1) is 0 Å². The first-order valence-corrected chi connectivity index (χ1v) is 4.67. The van der Waals surface area contributed by atoms with Gasteiger partial charge in [-0.3, -0.25) is 0 Å². The zero-order valence-electron chi connectivity index (χ0n) is 8.27. The van der Waals surface area contributed by atoms with E-state index in [2.05, 4.69) is 15.3 Å². The summed E-state index contributed by atoms with van der Waals surface area (Å²) in [6.07, 6.45) is 4.26. The Kier molecular flexibility index (Phi) is 4.28. The van der Waals surface area contributed by atoms with Crippen LogP contribution in [0.25, 0.3) is 0 Å². The van der Waals surface area contributed by atoms with E-state index in [1.165, 1.54) is 0 Å². The summed E-state index contributed by atoms with van der Waals surface area (Å²) in [5.41, 5.74) is 6.32. The van der Waals surface area contributed by atoms with Crippen LogP contribution in [0.2, 0.25) is 0 Å². The van der Waals surface area contributed by atoms with E-state index in [1.807, 2.05) is 6.92 Å². The fourth-order valence-corrected chi connectivity index (χ4v) is 1.06. The lowest BCUT2D eigenvalue weighted by Gasteiger charge is -2.13. The molecule has 0 unspecified atom stereocenters. The monoisotopic (exact) mass is 196 g/mol. The van der Waals surface area contributed by atoms with Gasteiger partial charge < -0.3 is 16.2 Å². The molecule has 0 saturated heterocycles. The van der Waals surface area contributed by atoms with Gasteiger partial charge in [-0.1, -0.05) is 6.92 Å². The van der Waals surface area contributed by atoms with Crippen molar-refractivity contribution < 1.29 is 5.11 Å². The van der Waals surface area contributed by atoms with Gasteiger partial charge in [-0.25, -0.2) is 9.97 Å². The third-order valence-electron chi connectivity index (χ3n) is 2.03. The second kappa shape index (κ2) is 5.51. The topological polar surface area (TPSA) is 84.1 Å². The van der Waals surface area contributed by atoms with Crippen molar-refractivity contribution in [3.05, 3.63) is 18.0 Å². The molecule has 0 fully saturated rings. The molecule has 0 aromatic carbocycles. The van der Waals surface area contributed by atoms with Gasteiger partial charge in [0.2, 0.25) is 5.95 Å². The fraction of sp³-hybridized carbons (Fsp3) is 0.556. The third kappa shape index (κ3) is 3.27. The molecule has 0 radical (unpaired) electrons. The van der Waals surface area contributed by atoms with E-state index in [-0.39, 0.29) is 18.6 Å². The summed E-state index contributed by atoms with van der Waals surface area (Å²) in [6.45, 7) is 2.82. The number of nitrogens with two attached hydrogens (primary N) is 1. The van der Waals surface area contributed by atoms with E-state index < -0.39 is 0 Å². The van der Waals surface area contributed by atoms with Crippen LogP contribution < -0.4 is 11.1 Å². The number of hydrogen-bond acceptors (Lipinski definition) is 5. The minimum Gasteiger partial charge on any atom is -0.395 e. The molecule has 14 heavy (non-hydrogen) atoms. The van der Waals surface area contributed by atoms with Crippen molar-refractivity contribution in [1.82, 2.24) is 15.3 Å². The highest BCUT2D eigenvalue weighted by Gasteiger charge is 2.03. The average Bonchev–Trinajstić information content (AvgIpc) is 2.22. The molecule has 0 spiro atoms. The Morgan fingerprint density at radius 1 is 1.50 bits per heavy atom. The Labute approximate surface area is 83.4 Å². The molecule has 1 aromatic rings. The standard InChI is InChI=1S/C9H16N4O/c1-2-8(6-14)11-3-7-4-12-9(10)13-5-7/h4-5,8,11,14H,2-3,6H2,1H3,(H2,10,12,13)/t8-/m0/s1. The highest BCUT2D eigenvalue weighted by atomic mass is 16.3. The lowest BCUT2D eigenvalue weighted by atomic mass is 10.2. The number of rotatable bonds is 5. The van der Waals surface area contributed by atoms with Crippen LogP contribution in [0.3, 0.4) is 0 Å². The van der Waals surface area contributed by atoms with Gasteiger partial charge in [0.05, 0.1) is 6.61 Å². The molecule has 0 aliphatic heterocycles. The van der Waals surface area contributed by atoms with Crippen LogP contribution >= 0.6 is 0 Å². The lowest BCUT2D eigenvalue weighted by Crippen LogP contribution is -2.31. The second-order valence-corrected chi connectivity index (χ2v) is 3.12. The number of aromatic nitrogens is 2. The Morgan fingerprint density at radius 2 is 2.14 bits per heavy atom. The molecule has 1 rings (SSSR count). The van der Waals surface area contributed by atoms with Gasteiger partial charge >= 0.3 is 0 Å². The van der Waals surface area contributed by atoms with Crippen LogP contribution in [-0.2, 0) is 6.54 Å². The highest BCUT2D eigenvalue weighted by molar-refractivity contribution is 5.16. The maximum Gasteiger partial charge on any atom is 0.219 e. The molecule has 0 aliphatic carbocycles. The summed E-state index contributed by atoms with van der Waals surface area (Å²) in [7, 11) is 0. The summed E-state index contributed by atoms with van der Waals surface area (Å²) in [5.74, 6) is 0.281. The molecule has 1 heterocycles. The summed E-state index contributed by atoms with van der Waals surface area (Å²) in [6, 6.07) is 0.132. The van der Waals surface area contributed by atoms with E-state index in [1.54, 1.807) is 12.4 Å². The van der Waals surface area contributed by atoms with Crippen molar-refractivity contribution in [1.29, 1.82) is 0 Å². The Morgan fingerprint density at radius 3 is 2.64 bits per heavy atom. The van der Waals surface area contributed by atoms with E-state index in [4.69, 9.17) is 10.8 Å². The van der Waals surface area contributed by atoms with Crippen molar-refractivity contribution in [3.8, 4) is 0 Å². The smallest absolute Gasteiger partial charge is 0.219 e. The SMILES string of the molecule is CC[C@@H](CO)NCc1cnc(N)nc1. The summed E-state index contributed by atoms with van der Waals surface area (Å²) in [5, 5.41) is 12.1. The van der Waals surface area contributed by atoms with Crippen molar-refractivity contribution in [3.63, 3.8) is 0 Å². The highest BCUT2D eigenvalue weighted by Crippen LogP contribution is 1.98. The molecular weight excluding hydrogens is 180 g/mol. The molecule has 78 valence electrons.